The number of fused-ring (bicyclic) bond motifs is 10. The Hall–Kier alpha value is -6.18. The fourth-order valence-corrected chi connectivity index (χ4v) is 7.98. The Morgan fingerprint density at radius 3 is 1.36 bits per heavy atom. The molecule has 10 rings (SSSR count). The van der Waals surface area contributed by atoms with Gasteiger partial charge in [-0.3, -0.25) is 0 Å². The molecule has 218 valence electrons. The minimum absolute atomic E-state index is 1.17. The summed E-state index contributed by atoms with van der Waals surface area (Å²) in [5, 5.41) is 12.9. The average Bonchev–Trinajstić information content (AvgIpc) is 3.49. The Kier molecular flexibility index (Phi) is 5.64. The zero-order valence-electron chi connectivity index (χ0n) is 25.7. The highest BCUT2D eigenvalue weighted by molar-refractivity contribution is 6.29. The Morgan fingerprint density at radius 2 is 0.723 bits per heavy atom. The molecule has 0 amide bonds. The van der Waals surface area contributed by atoms with Gasteiger partial charge in [-0.05, 0) is 89.6 Å². The van der Waals surface area contributed by atoms with Crippen molar-refractivity contribution in [2.24, 2.45) is 0 Å². The number of aromatic nitrogens is 1. The number of hydrogen-bond acceptors (Lipinski definition) is 0. The van der Waals surface area contributed by atoms with Crippen LogP contribution in [0, 0.1) is 0 Å². The third kappa shape index (κ3) is 3.84. The van der Waals surface area contributed by atoms with Gasteiger partial charge < -0.3 is 4.57 Å². The Bertz CT molecular complexity index is 2750. The Balaban J connectivity index is 1.21. The van der Waals surface area contributed by atoms with Crippen molar-refractivity contribution in [1.29, 1.82) is 0 Å². The zero-order chi connectivity index (χ0) is 30.9. The minimum atomic E-state index is 1.17. The molecule has 0 atom stereocenters. The first kappa shape index (κ1) is 26.1. The van der Waals surface area contributed by atoms with Crippen LogP contribution in [0.3, 0.4) is 0 Å². The number of para-hydroxylation sites is 2. The summed E-state index contributed by atoms with van der Waals surface area (Å²) >= 11 is 0. The molecule has 1 heterocycles. The molecule has 0 radical (unpaired) electrons. The van der Waals surface area contributed by atoms with E-state index in [4.69, 9.17) is 0 Å². The van der Waals surface area contributed by atoms with Crippen LogP contribution >= 0.6 is 0 Å². The van der Waals surface area contributed by atoms with Crippen LogP contribution in [0.1, 0.15) is 0 Å². The van der Waals surface area contributed by atoms with Crippen LogP contribution in [0.2, 0.25) is 0 Å². The molecule has 1 nitrogen and oxygen atoms in total. The maximum atomic E-state index is 2.40. The first-order valence-corrected chi connectivity index (χ1v) is 16.3. The minimum Gasteiger partial charge on any atom is -0.309 e. The summed E-state index contributed by atoms with van der Waals surface area (Å²) in [6.07, 6.45) is 0. The van der Waals surface area contributed by atoms with E-state index >= 15 is 0 Å². The highest BCUT2D eigenvalue weighted by Gasteiger charge is 2.17. The first-order chi connectivity index (χ1) is 23.3. The normalized spacial score (nSPS) is 11.8. The maximum Gasteiger partial charge on any atom is 0.0541 e. The van der Waals surface area contributed by atoms with Gasteiger partial charge in [0.25, 0.3) is 0 Å². The van der Waals surface area contributed by atoms with Gasteiger partial charge in [-0.1, -0.05) is 152 Å². The second-order valence-electron chi connectivity index (χ2n) is 12.4. The van der Waals surface area contributed by atoms with Crippen LogP contribution in [-0.2, 0) is 0 Å². The van der Waals surface area contributed by atoms with E-state index in [9.17, 15) is 0 Å². The standard InChI is InChI=1S/C46H29N/c1-2-16-34-33(15-1)32(30-13-11-14-31(29-30)47-44-25-9-7-20-39(44)40-21-8-10-26-45(40)47)27-28-38(34)43-24-12-23-42-37-18-4-3-17-35(37)36-19-5-6-22-41(36)46(42)43/h1-29H. The summed E-state index contributed by atoms with van der Waals surface area (Å²) in [7, 11) is 0. The second kappa shape index (κ2) is 10.2. The Morgan fingerprint density at radius 1 is 0.277 bits per heavy atom. The van der Waals surface area contributed by atoms with Gasteiger partial charge in [0, 0.05) is 16.5 Å². The van der Waals surface area contributed by atoms with E-state index in [0.29, 0.717) is 0 Å². The fraction of sp³-hybridized carbons (Fsp3) is 0. The van der Waals surface area contributed by atoms with Gasteiger partial charge in [-0.25, -0.2) is 0 Å². The van der Waals surface area contributed by atoms with Gasteiger partial charge in [0.05, 0.1) is 11.0 Å². The first-order valence-electron chi connectivity index (χ1n) is 16.3. The van der Waals surface area contributed by atoms with Gasteiger partial charge in [0.1, 0.15) is 0 Å². The summed E-state index contributed by atoms with van der Waals surface area (Å²) < 4.78 is 2.40. The van der Waals surface area contributed by atoms with Gasteiger partial charge >= 0.3 is 0 Å². The zero-order valence-corrected chi connectivity index (χ0v) is 25.7. The average molecular weight is 596 g/mol. The summed E-state index contributed by atoms with van der Waals surface area (Å²) in [5.74, 6) is 0. The smallest absolute Gasteiger partial charge is 0.0541 e. The van der Waals surface area contributed by atoms with Crippen molar-refractivity contribution in [2.75, 3.05) is 0 Å². The number of rotatable bonds is 3. The third-order valence-corrected chi connectivity index (χ3v) is 9.98. The molecule has 0 aliphatic rings. The van der Waals surface area contributed by atoms with Crippen LogP contribution < -0.4 is 0 Å². The monoisotopic (exact) mass is 595 g/mol. The molecule has 0 unspecified atom stereocenters. The highest BCUT2D eigenvalue weighted by Crippen LogP contribution is 2.43. The van der Waals surface area contributed by atoms with E-state index in [-0.39, 0.29) is 0 Å². The molecule has 0 N–H and O–H groups in total. The molecule has 0 bridgehead atoms. The molecule has 0 fully saturated rings. The number of nitrogens with zero attached hydrogens (tertiary/aromatic N) is 1. The van der Waals surface area contributed by atoms with Crippen LogP contribution in [0.5, 0.6) is 0 Å². The predicted octanol–water partition coefficient (Wildman–Crippen LogP) is 12.7. The van der Waals surface area contributed by atoms with Gasteiger partial charge in [-0.15, -0.1) is 0 Å². The largest absolute Gasteiger partial charge is 0.309 e. The molecule has 47 heavy (non-hydrogen) atoms. The lowest BCUT2D eigenvalue weighted by Crippen LogP contribution is -1.94. The van der Waals surface area contributed by atoms with E-state index in [0.717, 1.165) is 0 Å². The maximum absolute atomic E-state index is 2.40. The summed E-state index contributed by atoms with van der Waals surface area (Å²) in [6.45, 7) is 0. The molecule has 0 saturated carbocycles. The molecule has 9 aromatic carbocycles. The molecule has 0 saturated heterocycles. The van der Waals surface area contributed by atoms with E-state index in [2.05, 4.69) is 180 Å². The summed E-state index contributed by atoms with van der Waals surface area (Å²) in [4.78, 5) is 0. The van der Waals surface area contributed by atoms with Crippen molar-refractivity contribution in [3.05, 3.63) is 176 Å². The van der Waals surface area contributed by atoms with Crippen LogP contribution in [0.25, 0.3) is 92.8 Å². The number of hydrogen-bond donors (Lipinski definition) is 0. The lowest BCUT2D eigenvalue weighted by atomic mass is 9.86. The lowest BCUT2D eigenvalue weighted by Gasteiger charge is -2.17. The van der Waals surface area contributed by atoms with Crippen molar-refractivity contribution in [1.82, 2.24) is 4.57 Å². The molecule has 1 heteroatoms. The van der Waals surface area contributed by atoms with Crippen LogP contribution in [0.15, 0.2) is 176 Å². The van der Waals surface area contributed by atoms with Gasteiger partial charge in [0.15, 0.2) is 0 Å². The van der Waals surface area contributed by atoms with Crippen LogP contribution in [0.4, 0.5) is 0 Å². The van der Waals surface area contributed by atoms with Crippen molar-refractivity contribution in [3.63, 3.8) is 0 Å². The van der Waals surface area contributed by atoms with E-state index in [1.807, 2.05) is 0 Å². The van der Waals surface area contributed by atoms with Crippen molar-refractivity contribution < 1.29 is 0 Å². The molecular formula is C46H29N. The lowest BCUT2D eigenvalue weighted by molar-refractivity contribution is 1.18. The molecular weight excluding hydrogens is 567 g/mol. The predicted molar refractivity (Wildman–Crippen MR) is 202 cm³/mol. The molecule has 0 aliphatic heterocycles. The fourth-order valence-electron chi connectivity index (χ4n) is 7.98. The van der Waals surface area contributed by atoms with Crippen molar-refractivity contribution >= 4 is 64.9 Å². The van der Waals surface area contributed by atoms with Gasteiger partial charge in [0.2, 0.25) is 0 Å². The summed E-state index contributed by atoms with van der Waals surface area (Å²) in [5.41, 5.74) is 8.59. The Labute approximate surface area is 272 Å². The quantitative estimate of drug-likeness (QED) is 0.179. The van der Waals surface area contributed by atoms with Crippen molar-refractivity contribution in [2.45, 2.75) is 0 Å². The molecule has 0 spiro atoms. The van der Waals surface area contributed by atoms with E-state index < -0.39 is 0 Å². The summed E-state index contributed by atoms with van der Waals surface area (Å²) in [6, 6.07) is 64.5. The van der Waals surface area contributed by atoms with Crippen molar-refractivity contribution in [3.8, 4) is 27.9 Å². The van der Waals surface area contributed by atoms with Crippen LogP contribution in [-0.4, -0.2) is 4.57 Å². The third-order valence-electron chi connectivity index (χ3n) is 9.98. The van der Waals surface area contributed by atoms with Gasteiger partial charge in [-0.2, -0.15) is 0 Å². The van der Waals surface area contributed by atoms with E-state index in [1.54, 1.807) is 0 Å². The highest BCUT2D eigenvalue weighted by atomic mass is 15.0. The molecule has 10 aromatic rings. The second-order valence-corrected chi connectivity index (χ2v) is 12.4. The number of benzene rings is 9. The molecule has 1 aromatic heterocycles. The SMILES string of the molecule is c1cc(-c2ccc(-c3cccc4c5ccccc5c5ccccc5c34)c3ccccc23)cc(-n2c3ccccc3c3ccccc32)c1. The topological polar surface area (TPSA) is 4.93 Å². The molecule has 0 aliphatic carbocycles. The van der Waals surface area contributed by atoms with E-state index in [1.165, 1.54) is 92.8 Å².